The molecule has 2 saturated carbocycles. The highest BCUT2D eigenvalue weighted by Crippen LogP contribution is 2.56. The molecule has 0 spiro atoms. The molecule has 4 rings (SSSR count). The predicted octanol–water partition coefficient (Wildman–Crippen LogP) is 2.87. The lowest BCUT2D eigenvalue weighted by Gasteiger charge is -2.42. The number of hydrogen-bond donors (Lipinski definition) is 2. The minimum absolute atomic E-state index is 0.0469. The van der Waals surface area contributed by atoms with Crippen molar-refractivity contribution in [2.24, 2.45) is 11.3 Å². The van der Waals surface area contributed by atoms with E-state index in [-0.39, 0.29) is 5.91 Å². The average Bonchev–Trinajstić information content (AvgIpc) is 3.17. The van der Waals surface area contributed by atoms with Gasteiger partial charge in [-0.1, -0.05) is 24.6 Å². The highest BCUT2D eigenvalue weighted by Gasteiger charge is 2.48. The van der Waals surface area contributed by atoms with Gasteiger partial charge in [0.2, 0.25) is 0 Å². The molecule has 2 fully saturated rings. The second-order valence-electron chi connectivity index (χ2n) is 6.29. The smallest absolute Gasteiger partial charge is 0.272 e. The number of H-pyrrole nitrogens is 1. The normalized spacial score (nSPS) is 20.6. The number of fused-ring (bicyclic) bond motifs is 1. The van der Waals surface area contributed by atoms with Crippen LogP contribution < -0.4 is 5.32 Å². The van der Waals surface area contributed by atoms with Crippen LogP contribution in [0.3, 0.4) is 0 Å². The van der Waals surface area contributed by atoms with Crippen molar-refractivity contribution in [3.05, 3.63) is 30.0 Å². The molecule has 2 aromatic rings. The number of benzene rings is 1. The van der Waals surface area contributed by atoms with Crippen molar-refractivity contribution in [1.29, 1.82) is 0 Å². The predicted molar refractivity (Wildman–Crippen MR) is 77.4 cm³/mol. The maximum atomic E-state index is 12.4. The van der Waals surface area contributed by atoms with Gasteiger partial charge in [-0.05, 0) is 43.1 Å². The number of rotatable bonds is 4. The molecule has 0 radical (unpaired) electrons. The van der Waals surface area contributed by atoms with Gasteiger partial charge in [0.15, 0.2) is 5.69 Å². The van der Waals surface area contributed by atoms with Crippen molar-refractivity contribution < 1.29 is 4.79 Å². The van der Waals surface area contributed by atoms with Crippen LogP contribution in [-0.2, 0) is 0 Å². The summed E-state index contributed by atoms with van der Waals surface area (Å²) in [6.07, 6.45) is 6.57. The molecule has 4 nitrogen and oxygen atoms in total. The van der Waals surface area contributed by atoms with E-state index in [1.807, 2.05) is 24.3 Å². The van der Waals surface area contributed by atoms with Crippen molar-refractivity contribution in [3.63, 3.8) is 0 Å². The van der Waals surface area contributed by atoms with E-state index in [0.717, 1.165) is 23.4 Å². The maximum Gasteiger partial charge on any atom is 0.272 e. The summed E-state index contributed by atoms with van der Waals surface area (Å²) >= 11 is 0. The second kappa shape index (κ2) is 4.33. The van der Waals surface area contributed by atoms with E-state index in [1.54, 1.807) is 0 Å². The lowest BCUT2D eigenvalue weighted by Crippen LogP contribution is -2.43. The van der Waals surface area contributed by atoms with Gasteiger partial charge >= 0.3 is 0 Å². The van der Waals surface area contributed by atoms with Crippen molar-refractivity contribution in [1.82, 2.24) is 15.5 Å². The molecule has 1 aromatic carbocycles. The van der Waals surface area contributed by atoms with Gasteiger partial charge in [0.05, 0.1) is 5.52 Å². The average molecular weight is 269 g/mol. The minimum atomic E-state index is -0.0469. The zero-order chi connectivity index (χ0) is 13.6. The molecule has 1 aromatic heterocycles. The molecule has 104 valence electrons. The molecule has 2 aliphatic carbocycles. The Balaban J connectivity index is 1.50. The van der Waals surface area contributed by atoms with Gasteiger partial charge < -0.3 is 5.32 Å². The van der Waals surface area contributed by atoms with E-state index in [2.05, 4.69) is 15.5 Å². The van der Waals surface area contributed by atoms with Crippen LogP contribution in [0.2, 0.25) is 0 Å². The van der Waals surface area contributed by atoms with Gasteiger partial charge in [0.25, 0.3) is 5.91 Å². The summed E-state index contributed by atoms with van der Waals surface area (Å²) in [5, 5.41) is 11.1. The molecule has 1 heterocycles. The standard InChI is InChI=1S/C16H19N3O/c20-15(14-12-4-1-2-5-13(12)18-19-14)17-10-16(8-3-9-16)11-6-7-11/h1-2,4-5,11H,3,6-10H2,(H,17,20)(H,18,19). The Morgan fingerprint density at radius 2 is 2.15 bits per heavy atom. The topological polar surface area (TPSA) is 57.8 Å². The van der Waals surface area contributed by atoms with Crippen LogP contribution in [-0.4, -0.2) is 22.6 Å². The summed E-state index contributed by atoms with van der Waals surface area (Å²) in [5.74, 6) is 0.807. The third-order valence-corrected chi connectivity index (χ3v) is 5.08. The van der Waals surface area contributed by atoms with Crippen molar-refractivity contribution in [3.8, 4) is 0 Å². The minimum Gasteiger partial charge on any atom is -0.350 e. The monoisotopic (exact) mass is 269 g/mol. The summed E-state index contributed by atoms with van der Waals surface area (Å²) in [7, 11) is 0. The van der Waals surface area contributed by atoms with E-state index in [9.17, 15) is 4.79 Å². The number of aromatic amines is 1. The number of amides is 1. The molecule has 0 saturated heterocycles. The summed E-state index contributed by atoms with van der Waals surface area (Å²) in [6.45, 7) is 0.817. The van der Waals surface area contributed by atoms with Gasteiger partial charge in [0, 0.05) is 11.9 Å². The molecule has 1 amide bonds. The van der Waals surface area contributed by atoms with E-state index < -0.39 is 0 Å². The molecule has 2 aliphatic rings. The first-order valence-corrected chi connectivity index (χ1v) is 7.50. The van der Waals surface area contributed by atoms with Crippen molar-refractivity contribution in [2.75, 3.05) is 6.54 Å². The molecule has 0 aliphatic heterocycles. The number of aromatic nitrogens is 2. The Morgan fingerprint density at radius 3 is 2.85 bits per heavy atom. The van der Waals surface area contributed by atoms with Crippen molar-refractivity contribution in [2.45, 2.75) is 32.1 Å². The van der Waals surface area contributed by atoms with Gasteiger partial charge in [-0.25, -0.2) is 0 Å². The van der Waals surface area contributed by atoms with E-state index >= 15 is 0 Å². The highest BCUT2D eigenvalue weighted by atomic mass is 16.1. The summed E-state index contributed by atoms with van der Waals surface area (Å²) in [4.78, 5) is 12.4. The fourth-order valence-corrected chi connectivity index (χ4v) is 3.53. The van der Waals surface area contributed by atoms with Gasteiger partial charge in [-0.15, -0.1) is 0 Å². The van der Waals surface area contributed by atoms with E-state index in [1.165, 1.54) is 32.1 Å². The first-order chi connectivity index (χ1) is 9.78. The number of carbonyl (C=O) groups excluding carboxylic acids is 1. The highest BCUT2D eigenvalue weighted by molar-refractivity contribution is 6.04. The largest absolute Gasteiger partial charge is 0.350 e. The van der Waals surface area contributed by atoms with Crippen LogP contribution in [0.15, 0.2) is 24.3 Å². The van der Waals surface area contributed by atoms with Gasteiger partial charge in [-0.2, -0.15) is 5.10 Å². The van der Waals surface area contributed by atoms with Gasteiger partial charge in [-0.3, -0.25) is 9.89 Å². The number of carbonyl (C=O) groups is 1. The molecule has 2 N–H and O–H groups in total. The van der Waals surface area contributed by atoms with Crippen LogP contribution in [0.5, 0.6) is 0 Å². The van der Waals surface area contributed by atoms with Crippen molar-refractivity contribution >= 4 is 16.8 Å². The summed E-state index contributed by atoms with van der Waals surface area (Å²) in [6, 6.07) is 7.76. The second-order valence-corrected chi connectivity index (χ2v) is 6.29. The fraction of sp³-hybridized carbons (Fsp3) is 0.500. The number of hydrogen-bond acceptors (Lipinski definition) is 2. The quantitative estimate of drug-likeness (QED) is 0.896. The van der Waals surface area contributed by atoms with Crippen LogP contribution in [0.25, 0.3) is 10.9 Å². The lowest BCUT2D eigenvalue weighted by molar-refractivity contribution is 0.0779. The Bertz CT molecular complexity index is 653. The first-order valence-electron chi connectivity index (χ1n) is 7.50. The zero-order valence-electron chi connectivity index (χ0n) is 11.5. The Morgan fingerprint density at radius 1 is 1.35 bits per heavy atom. The van der Waals surface area contributed by atoms with Crippen LogP contribution >= 0.6 is 0 Å². The molecule has 0 unspecified atom stereocenters. The van der Waals surface area contributed by atoms with E-state index in [4.69, 9.17) is 0 Å². The number of nitrogens with zero attached hydrogens (tertiary/aromatic N) is 1. The third-order valence-electron chi connectivity index (χ3n) is 5.08. The Hall–Kier alpha value is -1.84. The molecular formula is C16H19N3O. The molecular weight excluding hydrogens is 250 g/mol. The maximum absolute atomic E-state index is 12.4. The van der Waals surface area contributed by atoms with Crippen LogP contribution in [0, 0.1) is 11.3 Å². The van der Waals surface area contributed by atoms with Gasteiger partial charge in [0.1, 0.15) is 0 Å². The zero-order valence-corrected chi connectivity index (χ0v) is 11.5. The first kappa shape index (κ1) is 11.9. The Kier molecular flexibility index (Phi) is 2.59. The molecule has 0 atom stereocenters. The molecule has 20 heavy (non-hydrogen) atoms. The summed E-state index contributed by atoms with van der Waals surface area (Å²) in [5.41, 5.74) is 1.84. The fourth-order valence-electron chi connectivity index (χ4n) is 3.53. The number of para-hydroxylation sites is 1. The summed E-state index contributed by atoms with van der Waals surface area (Å²) < 4.78 is 0. The molecule has 0 bridgehead atoms. The van der Waals surface area contributed by atoms with E-state index in [0.29, 0.717) is 11.1 Å². The number of nitrogens with one attached hydrogen (secondary N) is 2. The Labute approximate surface area is 117 Å². The SMILES string of the molecule is O=C(NCC1(C2CC2)CCC1)c1n[nH]c2ccccc12. The lowest BCUT2D eigenvalue weighted by atomic mass is 9.65. The van der Waals surface area contributed by atoms with Crippen LogP contribution in [0.1, 0.15) is 42.6 Å². The molecule has 4 heteroatoms. The third kappa shape index (κ3) is 1.82. The van der Waals surface area contributed by atoms with Crippen LogP contribution in [0.4, 0.5) is 0 Å².